The summed E-state index contributed by atoms with van der Waals surface area (Å²) < 4.78 is 80.4. The van der Waals surface area contributed by atoms with Gasteiger partial charge in [0.1, 0.15) is 17.6 Å². The van der Waals surface area contributed by atoms with E-state index >= 15 is 0 Å². The molecule has 50 heavy (non-hydrogen) atoms. The number of hydrogen-bond donors (Lipinski definition) is 3. The Morgan fingerprint density at radius 2 is 1.04 bits per heavy atom. The average Bonchev–Trinajstić information content (AvgIpc) is 3.10. The molecule has 0 amide bonds. The quantitative estimate of drug-likeness (QED) is 0.232. The Kier molecular flexibility index (Phi) is 13.7. The van der Waals surface area contributed by atoms with Gasteiger partial charge in [0.15, 0.2) is 0 Å². The molecule has 3 aromatic carbocycles. The number of nitriles is 1. The van der Waals surface area contributed by atoms with Crippen molar-refractivity contribution in [2.45, 2.75) is 45.8 Å². The van der Waals surface area contributed by atoms with Gasteiger partial charge < -0.3 is 25.4 Å². The lowest BCUT2D eigenvalue weighted by Crippen LogP contribution is -2.20. The van der Waals surface area contributed by atoms with Gasteiger partial charge in [0.05, 0.1) is 5.56 Å². The summed E-state index contributed by atoms with van der Waals surface area (Å²) in [6.45, 7) is 9.63. The Balaban J connectivity index is 0.000000170. The lowest BCUT2D eigenvalue weighted by Gasteiger charge is -2.16. The van der Waals surface area contributed by atoms with Crippen molar-refractivity contribution in [1.82, 2.24) is 16.0 Å². The first-order valence-corrected chi connectivity index (χ1v) is 16.2. The zero-order valence-corrected chi connectivity index (χ0v) is 27.9. The summed E-state index contributed by atoms with van der Waals surface area (Å²) in [5, 5.41) is 18.4. The van der Waals surface area contributed by atoms with Crippen molar-refractivity contribution in [3.05, 3.63) is 112 Å². The van der Waals surface area contributed by atoms with Crippen molar-refractivity contribution in [1.29, 1.82) is 5.26 Å². The minimum Gasteiger partial charge on any atom is -0.406 e. The van der Waals surface area contributed by atoms with Crippen LogP contribution in [0.25, 0.3) is 16.7 Å². The standard InChI is InChI=1S/C13H11F3N2O.C13H17N.C12H12F3NO/c14-13(15,16)19-12-7-10(1-2-11(12)8-17)9-3-5-18-6-4-9;1-10-3-4-13(9-11(10)2)12-5-7-14-8-6-12;13-12(14,15)17-11-3-1-9(2-4-11)10-5-7-16-8-6-10/h1-3,7,18H,4-6H2;3-5,9,14H,6-8H2,1-2H3;1-5,16H,6-8H2. The minimum absolute atomic E-state index is 0.129. The number of ether oxygens (including phenoxy) is 2. The number of nitrogens with zero attached hydrogens (tertiary/aromatic N) is 1. The predicted octanol–water partition coefficient (Wildman–Crippen LogP) is 8.48. The van der Waals surface area contributed by atoms with Crippen LogP contribution in [-0.4, -0.2) is 52.0 Å². The van der Waals surface area contributed by atoms with Crippen molar-refractivity contribution < 1.29 is 35.8 Å². The van der Waals surface area contributed by atoms with E-state index in [4.69, 9.17) is 5.26 Å². The first kappa shape index (κ1) is 38.2. The number of rotatable bonds is 5. The average molecular weight is 699 g/mol. The molecule has 3 aliphatic rings. The van der Waals surface area contributed by atoms with Crippen LogP contribution in [0.15, 0.2) is 78.9 Å². The second-order valence-corrected chi connectivity index (χ2v) is 11.8. The van der Waals surface area contributed by atoms with E-state index in [1.165, 1.54) is 46.5 Å². The molecule has 0 atom stereocenters. The molecular formula is C38H40F6N4O2. The molecule has 3 aliphatic heterocycles. The van der Waals surface area contributed by atoms with Crippen LogP contribution in [0.4, 0.5) is 26.3 Å². The van der Waals surface area contributed by atoms with E-state index in [0.29, 0.717) is 12.1 Å². The molecule has 6 nitrogen and oxygen atoms in total. The molecule has 0 radical (unpaired) electrons. The fraction of sp³-hybridized carbons (Fsp3) is 0.342. The topological polar surface area (TPSA) is 78.3 Å². The van der Waals surface area contributed by atoms with Gasteiger partial charge in [0.25, 0.3) is 0 Å². The molecule has 0 fully saturated rings. The van der Waals surface area contributed by atoms with Gasteiger partial charge in [0.2, 0.25) is 0 Å². The summed E-state index contributed by atoms with van der Waals surface area (Å²) >= 11 is 0. The Hall–Kier alpha value is -4.57. The molecule has 0 unspecified atom stereocenters. The molecule has 0 spiro atoms. The van der Waals surface area contributed by atoms with Gasteiger partial charge in [0, 0.05) is 19.6 Å². The second kappa shape index (κ2) is 17.9. The lowest BCUT2D eigenvalue weighted by molar-refractivity contribution is -0.275. The Bertz CT molecular complexity index is 1720. The van der Waals surface area contributed by atoms with Crippen molar-refractivity contribution in [2.75, 3.05) is 39.3 Å². The van der Waals surface area contributed by atoms with Crippen molar-refractivity contribution in [2.24, 2.45) is 0 Å². The van der Waals surface area contributed by atoms with Crippen LogP contribution in [0, 0.1) is 25.2 Å². The van der Waals surface area contributed by atoms with Gasteiger partial charge >= 0.3 is 12.7 Å². The zero-order valence-electron chi connectivity index (χ0n) is 27.9. The number of nitrogens with one attached hydrogen (secondary N) is 3. The highest BCUT2D eigenvalue weighted by Gasteiger charge is 2.32. The molecule has 3 heterocycles. The first-order valence-electron chi connectivity index (χ1n) is 16.2. The van der Waals surface area contributed by atoms with E-state index in [0.717, 1.165) is 68.7 Å². The molecular weight excluding hydrogens is 658 g/mol. The van der Waals surface area contributed by atoms with Crippen molar-refractivity contribution >= 4 is 16.7 Å². The Morgan fingerprint density at radius 1 is 0.580 bits per heavy atom. The van der Waals surface area contributed by atoms with Crippen LogP contribution in [0.1, 0.15) is 52.6 Å². The van der Waals surface area contributed by atoms with Crippen molar-refractivity contribution in [3.8, 4) is 17.6 Å². The lowest BCUT2D eigenvalue weighted by atomic mass is 9.97. The number of halogens is 6. The number of aryl methyl sites for hydroxylation is 2. The van der Waals surface area contributed by atoms with E-state index in [2.05, 4.69) is 63.5 Å². The zero-order chi connectivity index (χ0) is 36.1. The number of benzene rings is 3. The molecule has 266 valence electrons. The van der Waals surface area contributed by atoms with E-state index in [1.807, 2.05) is 12.2 Å². The third-order valence-electron chi connectivity index (χ3n) is 8.23. The Labute approximate surface area is 288 Å². The maximum absolute atomic E-state index is 12.3. The fourth-order valence-electron chi connectivity index (χ4n) is 5.49. The van der Waals surface area contributed by atoms with Gasteiger partial charge in [-0.25, -0.2) is 0 Å². The molecule has 3 N–H and O–H groups in total. The van der Waals surface area contributed by atoms with E-state index in [1.54, 1.807) is 24.3 Å². The van der Waals surface area contributed by atoms with Crippen LogP contribution in [0.2, 0.25) is 0 Å². The Morgan fingerprint density at radius 3 is 1.48 bits per heavy atom. The monoisotopic (exact) mass is 698 g/mol. The molecule has 0 aromatic heterocycles. The number of alkyl halides is 6. The van der Waals surface area contributed by atoms with E-state index in [9.17, 15) is 26.3 Å². The maximum atomic E-state index is 12.3. The van der Waals surface area contributed by atoms with Gasteiger partial charge in [-0.1, -0.05) is 54.6 Å². The smallest absolute Gasteiger partial charge is 0.406 e. The van der Waals surface area contributed by atoms with Gasteiger partial charge in [-0.15, -0.1) is 26.3 Å². The molecule has 3 aromatic rings. The fourth-order valence-corrected chi connectivity index (χ4v) is 5.49. The highest BCUT2D eigenvalue weighted by atomic mass is 19.4. The second-order valence-electron chi connectivity index (χ2n) is 11.8. The van der Waals surface area contributed by atoms with Crippen molar-refractivity contribution in [3.63, 3.8) is 0 Å². The maximum Gasteiger partial charge on any atom is 0.573 e. The van der Waals surface area contributed by atoms with Crippen LogP contribution in [0.3, 0.4) is 0 Å². The summed E-state index contributed by atoms with van der Waals surface area (Å²) in [5.41, 5.74) is 9.24. The molecule has 0 saturated carbocycles. The summed E-state index contributed by atoms with van der Waals surface area (Å²) in [5.74, 6) is -0.636. The first-order chi connectivity index (χ1) is 23.8. The third-order valence-corrected chi connectivity index (χ3v) is 8.23. The van der Waals surface area contributed by atoms with E-state index < -0.39 is 18.5 Å². The van der Waals surface area contributed by atoms with E-state index in [-0.39, 0.29) is 11.3 Å². The normalized spacial score (nSPS) is 16.2. The third kappa shape index (κ3) is 12.4. The highest BCUT2D eigenvalue weighted by Crippen LogP contribution is 2.31. The molecule has 0 saturated heterocycles. The largest absolute Gasteiger partial charge is 0.573 e. The van der Waals surface area contributed by atoms with Crippen LogP contribution in [-0.2, 0) is 0 Å². The molecule has 0 bridgehead atoms. The van der Waals surface area contributed by atoms with Gasteiger partial charge in [-0.05, 0) is 122 Å². The molecule has 6 rings (SSSR count). The summed E-state index contributed by atoms with van der Waals surface area (Å²) in [6, 6.07) is 18.7. The summed E-state index contributed by atoms with van der Waals surface area (Å²) in [4.78, 5) is 0. The predicted molar refractivity (Wildman–Crippen MR) is 183 cm³/mol. The number of hydrogen-bond acceptors (Lipinski definition) is 6. The molecule has 12 heteroatoms. The van der Waals surface area contributed by atoms with Gasteiger partial charge in [-0.2, -0.15) is 5.26 Å². The minimum atomic E-state index is -4.80. The van der Waals surface area contributed by atoms with Crippen LogP contribution < -0.4 is 25.4 Å². The summed E-state index contributed by atoms with van der Waals surface area (Å²) in [6.07, 6.45) is -0.388. The van der Waals surface area contributed by atoms with Crippen LogP contribution >= 0.6 is 0 Å². The SMILES string of the molecule is Cc1ccc(C2=CCNCC2)cc1C.FC(F)(F)Oc1ccc(C2=CCNCC2)cc1.N#Cc1ccc(C2=CCNCC2)cc1OC(F)(F)F. The summed E-state index contributed by atoms with van der Waals surface area (Å²) in [7, 11) is 0. The molecule has 0 aliphatic carbocycles. The van der Waals surface area contributed by atoms with Gasteiger partial charge in [-0.3, -0.25) is 0 Å². The van der Waals surface area contributed by atoms with Crippen LogP contribution in [0.5, 0.6) is 11.5 Å². The highest BCUT2D eigenvalue weighted by molar-refractivity contribution is 5.70.